The van der Waals surface area contributed by atoms with Gasteiger partial charge in [0.2, 0.25) is 29.9 Å². The molecule has 0 atom stereocenters. The molecule has 6 nitrogen and oxygen atoms in total. The van der Waals surface area contributed by atoms with Crippen molar-refractivity contribution in [2.24, 2.45) is 0 Å². The van der Waals surface area contributed by atoms with Gasteiger partial charge >= 0.3 is 0 Å². The fourth-order valence-corrected chi connectivity index (χ4v) is 5.42. The summed E-state index contributed by atoms with van der Waals surface area (Å²) in [5.41, 5.74) is 1.04. The number of hydrogen-bond acceptors (Lipinski definition) is 6. The van der Waals surface area contributed by atoms with E-state index in [1.54, 1.807) is 12.1 Å². The molecule has 0 saturated heterocycles. The van der Waals surface area contributed by atoms with Gasteiger partial charge in [-0.1, -0.05) is 24.3 Å². The van der Waals surface area contributed by atoms with Gasteiger partial charge in [-0.15, -0.1) is 0 Å². The van der Waals surface area contributed by atoms with Crippen LogP contribution in [0.5, 0.6) is 0 Å². The van der Waals surface area contributed by atoms with E-state index in [-0.39, 0.29) is 10.2 Å². The monoisotopic (exact) mass is 464 g/mol. The molecule has 2 aromatic heterocycles. The molecule has 0 saturated carbocycles. The minimum absolute atomic E-state index is 0.0541. The minimum Gasteiger partial charge on any atom is -0.445 e. The molecule has 4 aromatic carbocycles. The minimum atomic E-state index is -3.44. The van der Waals surface area contributed by atoms with E-state index in [2.05, 4.69) is 0 Å². The Bertz CT molecular complexity index is 1830. The standard InChI is InChI=1S/C24H16O6S2/c1-31(25,26)23-11-15-7-19-13(9-21(15)29-23)3-5-18-17(19)6-4-14-10-22-16(8-20(14)18)12-24(30-22)32(2,27)28/h3-12H,1-2H3. The van der Waals surface area contributed by atoms with Crippen molar-refractivity contribution in [1.29, 1.82) is 0 Å². The van der Waals surface area contributed by atoms with Crippen LogP contribution in [0, 0.1) is 0 Å². The molecular weight excluding hydrogens is 448 g/mol. The second-order valence-corrected chi connectivity index (χ2v) is 12.0. The Balaban J connectivity index is 1.67. The van der Waals surface area contributed by atoms with Crippen molar-refractivity contribution in [3.63, 3.8) is 0 Å². The van der Waals surface area contributed by atoms with E-state index in [0.717, 1.165) is 44.8 Å². The Hall–Kier alpha value is -3.36. The third-order valence-corrected chi connectivity index (χ3v) is 7.66. The van der Waals surface area contributed by atoms with E-state index >= 15 is 0 Å². The quantitative estimate of drug-likeness (QED) is 0.317. The van der Waals surface area contributed by atoms with Crippen molar-refractivity contribution in [2.75, 3.05) is 12.5 Å². The fourth-order valence-electron chi connectivity index (χ4n) is 4.26. The Kier molecular flexibility index (Phi) is 3.69. The van der Waals surface area contributed by atoms with E-state index in [1.165, 1.54) is 0 Å². The van der Waals surface area contributed by atoms with E-state index in [0.29, 0.717) is 21.9 Å². The third kappa shape index (κ3) is 2.83. The molecular formula is C24H16O6S2. The smallest absolute Gasteiger partial charge is 0.219 e. The number of benzene rings is 4. The SMILES string of the molecule is CS(=O)(=O)c1cc2cc3c(ccc4c5cc6cc(S(C)(=O)=O)oc6cc5ccc34)cc2o1. The predicted octanol–water partition coefficient (Wildman–Crippen LogP) is 5.45. The zero-order valence-electron chi connectivity index (χ0n) is 17.0. The first-order valence-electron chi connectivity index (χ1n) is 9.74. The predicted molar refractivity (Wildman–Crippen MR) is 125 cm³/mol. The van der Waals surface area contributed by atoms with Crippen LogP contribution < -0.4 is 0 Å². The second-order valence-electron chi connectivity index (χ2n) is 8.12. The molecule has 32 heavy (non-hydrogen) atoms. The fraction of sp³-hybridized carbons (Fsp3) is 0.0833. The average molecular weight is 465 g/mol. The van der Waals surface area contributed by atoms with Crippen molar-refractivity contribution in [1.82, 2.24) is 0 Å². The molecule has 2 heterocycles. The summed E-state index contributed by atoms with van der Waals surface area (Å²) in [7, 11) is -6.89. The lowest BCUT2D eigenvalue weighted by Gasteiger charge is -2.08. The summed E-state index contributed by atoms with van der Waals surface area (Å²) >= 11 is 0. The van der Waals surface area contributed by atoms with E-state index in [4.69, 9.17) is 8.83 Å². The molecule has 0 radical (unpaired) electrons. The normalized spacial score (nSPS) is 13.2. The summed E-state index contributed by atoms with van der Waals surface area (Å²) in [6.45, 7) is 0. The Morgan fingerprint density at radius 2 is 0.906 bits per heavy atom. The van der Waals surface area contributed by atoms with Crippen LogP contribution in [0.25, 0.3) is 54.3 Å². The molecule has 6 rings (SSSR count). The molecule has 0 aliphatic carbocycles. The summed E-state index contributed by atoms with van der Waals surface area (Å²) in [6, 6.07) is 18.6. The second kappa shape index (κ2) is 6.11. The van der Waals surface area contributed by atoms with Gasteiger partial charge in [-0.3, -0.25) is 0 Å². The van der Waals surface area contributed by atoms with Crippen molar-refractivity contribution < 1.29 is 25.7 Å². The van der Waals surface area contributed by atoms with Crippen LogP contribution >= 0.6 is 0 Å². The number of furan rings is 2. The van der Waals surface area contributed by atoms with Crippen LogP contribution in [0.3, 0.4) is 0 Å². The first-order chi connectivity index (χ1) is 15.1. The molecule has 0 aliphatic heterocycles. The third-order valence-electron chi connectivity index (χ3n) is 5.79. The first-order valence-corrected chi connectivity index (χ1v) is 13.5. The number of fused-ring (bicyclic) bond motifs is 7. The van der Waals surface area contributed by atoms with E-state index < -0.39 is 19.7 Å². The van der Waals surface area contributed by atoms with Gasteiger partial charge in [0.15, 0.2) is 0 Å². The van der Waals surface area contributed by atoms with Gasteiger partial charge in [0, 0.05) is 35.4 Å². The van der Waals surface area contributed by atoms with Gasteiger partial charge in [-0.05, 0) is 56.6 Å². The topological polar surface area (TPSA) is 94.6 Å². The molecule has 0 bridgehead atoms. The number of hydrogen-bond donors (Lipinski definition) is 0. The summed E-state index contributed by atoms with van der Waals surface area (Å²) < 4.78 is 58.7. The zero-order valence-corrected chi connectivity index (χ0v) is 18.7. The molecule has 6 aromatic rings. The molecule has 0 unspecified atom stereocenters. The van der Waals surface area contributed by atoms with Crippen LogP contribution in [-0.4, -0.2) is 29.3 Å². The Morgan fingerprint density at radius 3 is 1.28 bits per heavy atom. The van der Waals surface area contributed by atoms with Crippen molar-refractivity contribution >= 4 is 73.9 Å². The summed E-state index contributed by atoms with van der Waals surface area (Å²) in [5, 5.41) is 7.15. The highest BCUT2D eigenvalue weighted by atomic mass is 32.2. The highest BCUT2D eigenvalue weighted by molar-refractivity contribution is 7.90. The molecule has 0 spiro atoms. The first kappa shape index (κ1) is 19.3. The van der Waals surface area contributed by atoms with Gasteiger partial charge in [-0.25, -0.2) is 16.8 Å². The maximum Gasteiger partial charge on any atom is 0.219 e. The maximum atomic E-state index is 11.9. The molecule has 160 valence electrons. The van der Waals surface area contributed by atoms with Gasteiger partial charge in [0.05, 0.1) is 0 Å². The Morgan fingerprint density at radius 1 is 0.500 bits per heavy atom. The van der Waals surface area contributed by atoms with Crippen LogP contribution in [0.4, 0.5) is 0 Å². The molecule has 0 N–H and O–H groups in total. The number of sulfone groups is 2. The van der Waals surface area contributed by atoms with Gasteiger partial charge < -0.3 is 8.83 Å². The van der Waals surface area contributed by atoms with E-state index in [1.807, 2.05) is 48.5 Å². The zero-order chi connectivity index (χ0) is 22.4. The molecule has 0 fully saturated rings. The van der Waals surface area contributed by atoms with Crippen LogP contribution in [0.1, 0.15) is 0 Å². The van der Waals surface area contributed by atoms with Crippen molar-refractivity contribution in [3.05, 3.63) is 60.7 Å². The molecule has 8 heteroatoms. The van der Waals surface area contributed by atoms with Crippen molar-refractivity contribution in [2.45, 2.75) is 10.2 Å². The van der Waals surface area contributed by atoms with Crippen LogP contribution in [0.2, 0.25) is 0 Å². The summed E-state index contributed by atoms with van der Waals surface area (Å²) in [4.78, 5) is 0. The maximum absolute atomic E-state index is 11.9. The summed E-state index contributed by atoms with van der Waals surface area (Å²) in [5.74, 6) is 0. The van der Waals surface area contributed by atoms with E-state index in [9.17, 15) is 16.8 Å². The average Bonchev–Trinajstić information content (AvgIpc) is 3.33. The highest BCUT2D eigenvalue weighted by Gasteiger charge is 2.17. The number of rotatable bonds is 2. The molecule has 0 amide bonds. The van der Waals surface area contributed by atoms with Crippen molar-refractivity contribution in [3.8, 4) is 0 Å². The lowest BCUT2D eigenvalue weighted by Crippen LogP contribution is -1.93. The van der Waals surface area contributed by atoms with Crippen LogP contribution in [-0.2, 0) is 19.7 Å². The van der Waals surface area contributed by atoms with Gasteiger partial charge in [0.25, 0.3) is 0 Å². The Labute approximate surface area is 182 Å². The lowest BCUT2D eigenvalue weighted by molar-refractivity contribution is 0.484. The highest BCUT2D eigenvalue weighted by Crippen LogP contribution is 2.37. The van der Waals surface area contributed by atoms with Crippen LogP contribution in [0.15, 0.2) is 79.7 Å². The summed E-state index contributed by atoms with van der Waals surface area (Å²) in [6.07, 6.45) is 2.25. The molecule has 0 aliphatic rings. The largest absolute Gasteiger partial charge is 0.445 e. The lowest BCUT2D eigenvalue weighted by atomic mass is 9.96. The van der Waals surface area contributed by atoms with Gasteiger partial charge in [0.1, 0.15) is 11.2 Å². The van der Waals surface area contributed by atoms with Gasteiger partial charge in [-0.2, -0.15) is 0 Å².